The normalized spacial score (nSPS) is 13.6. The van der Waals surface area contributed by atoms with Gasteiger partial charge in [0.05, 0.1) is 89.6 Å². The maximum atomic E-state index is 14.8. The Labute approximate surface area is 801 Å². The second-order valence-corrected chi connectivity index (χ2v) is 42.3. The van der Waals surface area contributed by atoms with Crippen LogP contribution in [0, 0.1) is 17.5 Å². The van der Waals surface area contributed by atoms with Crippen molar-refractivity contribution < 1.29 is 85.2 Å². The summed E-state index contributed by atoms with van der Waals surface area (Å²) in [5.74, 6) is -4.34. The highest BCUT2D eigenvalue weighted by Crippen LogP contribution is 2.36. The highest BCUT2D eigenvalue weighted by Gasteiger charge is 2.35. The average molecular weight is 2070 g/mol. The number of pyridine rings is 2. The van der Waals surface area contributed by atoms with Gasteiger partial charge in [0.25, 0.3) is 63.7 Å². The SMILES string of the molecule is CNc1ccc(C2=NN(c3c(F)cc(NC(=O)NS(=O)(=O)c4ccc(Cl)s4)cc3F)C(=O)C2)cc1.CNc1ccc(C2=NN(c3ccc(NC(=O)NS(=O)(=O)c4ccc(Cl)s4)cc3F)C(=O)C2)cc1.CNc1ccc(C2=NN(c3ccc(NC(=O)NS(=O)(=O)c4ccc(Cl)s4)cn3)C(=O)C2)cc1.CNc1ccc(C2=NN(c3ccc(NC(=O)NS(=O)(=O)c4ccc(Cl)s4)nc3)C(=O)C2)cc1. The van der Waals surface area contributed by atoms with Gasteiger partial charge in [0.1, 0.15) is 34.0 Å². The van der Waals surface area contributed by atoms with Crippen LogP contribution in [0.15, 0.2) is 250 Å². The standard InChI is InChI=1S/C21H16ClF2N5O4S2.C21H17ClFN5O4S2.2C20H17ClN6O4S2/c1-25-12-4-2-11(3-5-12)16-10-18(30)29(27-16)20-14(23)8-13(9-15(20)24)26-21(31)28-35(32,33)19-7-6-17(22)34-19;1-24-13-4-2-12(3-5-13)16-11-19(29)28(26-16)17-7-6-14(10-15(17)23)25-21(30)27-34(31,32)20-9-8-18(22)33-20;1-22-13-4-2-12(3-5-13)15-10-18(28)27(25-15)14-6-8-17(23-11-14)24-20(29)26-33(30,31)19-9-7-16(21)32-19;1-22-13-4-2-12(3-5-13)15-10-18(28)27(25-15)17-8-6-14(11-23-17)24-20(29)26-33(30,31)19-9-7-16(21)32-19/h2-9,25H,10H2,1H3,(H2,26,28,31);2-10,24H,11H2,1H3,(H2,25,27,30);2-9,11,22H,10H2,1H3,(H2,23,24,26,29);2-9,11,22H,10H2,1H3,(H2,24,26,29). The molecule has 0 fully saturated rings. The van der Waals surface area contributed by atoms with Crippen LogP contribution in [0.25, 0.3) is 0 Å². The molecule has 12 aromatic rings. The third-order valence-corrected chi connectivity index (χ3v) is 30.9. The predicted molar refractivity (Wildman–Crippen MR) is 514 cm³/mol. The number of nitrogens with zero attached hydrogens (tertiary/aromatic N) is 10. The number of sulfonamides is 4. The lowest BCUT2D eigenvalue weighted by molar-refractivity contribution is -0.117. The van der Waals surface area contributed by atoms with E-state index < -0.39 is 99.2 Å². The molecule has 135 heavy (non-hydrogen) atoms. The second kappa shape index (κ2) is 42.5. The lowest BCUT2D eigenvalue weighted by Crippen LogP contribution is -2.34. The molecule has 53 heteroatoms. The summed E-state index contributed by atoms with van der Waals surface area (Å²) < 4.78 is 150. The molecule has 0 saturated carbocycles. The number of anilines is 12. The Morgan fingerprint density at radius 2 is 0.637 bits per heavy atom. The van der Waals surface area contributed by atoms with Gasteiger partial charge in [-0.15, -0.1) is 45.3 Å². The lowest BCUT2D eigenvalue weighted by Gasteiger charge is -2.15. The molecule has 4 aliphatic heterocycles. The van der Waals surface area contributed by atoms with Gasteiger partial charge in [-0.1, -0.05) is 94.9 Å². The van der Waals surface area contributed by atoms with Crippen molar-refractivity contribution in [3.05, 3.63) is 270 Å². The smallest absolute Gasteiger partial charge is 0.334 e. The van der Waals surface area contributed by atoms with Gasteiger partial charge in [-0.05, 0) is 174 Å². The zero-order chi connectivity index (χ0) is 97.0. The fourth-order valence-electron chi connectivity index (χ4n) is 12.3. The van der Waals surface area contributed by atoms with E-state index in [1.54, 1.807) is 49.1 Å². The fourth-order valence-corrected chi connectivity index (χ4v) is 21.8. The molecule has 6 aromatic heterocycles. The van der Waals surface area contributed by atoms with Gasteiger partial charge < -0.3 is 37.2 Å². The van der Waals surface area contributed by atoms with E-state index >= 15 is 0 Å². The molecule has 0 radical (unpaired) electrons. The van der Waals surface area contributed by atoms with Crippen molar-refractivity contribution in [2.75, 3.05) is 90.8 Å². The summed E-state index contributed by atoms with van der Waals surface area (Å²) in [7, 11) is -9.29. The number of hydrazone groups is 4. The van der Waals surface area contributed by atoms with Crippen LogP contribution in [-0.2, 0) is 59.3 Å². The van der Waals surface area contributed by atoms with Gasteiger partial charge in [0.2, 0.25) is 0 Å². The van der Waals surface area contributed by atoms with Crippen molar-refractivity contribution in [3.8, 4) is 0 Å². The van der Waals surface area contributed by atoms with Gasteiger partial charge >= 0.3 is 24.1 Å². The first-order valence-corrected chi connectivity index (χ1v) is 49.3. The van der Waals surface area contributed by atoms with Crippen LogP contribution in [0.3, 0.4) is 0 Å². The van der Waals surface area contributed by atoms with E-state index in [2.05, 4.69) is 67.6 Å². The number of aromatic nitrogens is 2. The largest absolute Gasteiger partial charge is 0.388 e. The minimum absolute atomic E-state index is 0.00530. The molecule has 0 aliphatic carbocycles. The monoisotopic (exact) mass is 2070 g/mol. The van der Waals surface area contributed by atoms with Crippen LogP contribution >= 0.6 is 91.8 Å². The molecular formula is C82H67Cl4F3N22O16S8. The molecule has 0 unspecified atom stereocenters. The number of hydrogen-bond donors (Lipinski definition) is 12. The Morgan fingerprint density at radius 3 is 0.978 bits per heavy atom. The Morgan fingerprint density at radius 1 is 0.326 bits per heavy atom. The first-order valence-electron chi connectivity index (χ1n) is 38.6. The zero-order valence-electron chi connectivity index (χ0n) is 69.5. The van der Waals surface area contributed by atoms with Gasteiger partial charge in [0, 0.05) is 62.3 Å². The van der Waals surface area contributed by atoms with Gasteiger partial charge in [-0.2, -0.15) is 40.4 Å². The van der Waals surface area contributed by atoms with Crippen molar-refractivity contribution in [2.24, 2.45) is 20.4 Å². The maximum absolute atomic E-state index is 14.8. The number of nitrogens with one attached hydrogen (secondary N) is 12. The van der Waals surface area contributed by atoms with Crippen molar-refractivity contribution >= 4 is 271 Å². The number of urea groups is 4. The molecule has 4 aliphatic rings. The van der Waals surface area contributed by atoms with Crippen LogP contribution in [0.5, 0.6) is 0 Å². The van der Waals surface area contributed by atoms with E-state index in [0.29, 0.717) is 39.1 Å². The van der Waals surface area contributed by atoms with Gasteiger partial charge in [-0.25, -0.2) is 94.9 Å². The second-order valence-electron chi connectivity index (χ2n) is 27.8. The van der Waals surface area contributed by atoms with Crippen LogP contribution in [0.4, 0.5) is 101 Å². The molecule has 0 atom stereocenters. The van der Waals surface area contributed by atoms with Gasteiger partial charge in [-0.3, -0.25) is 24.5 Å². The molecule has 0 spiro atoms. The van der Waals surface area contributed by atoms with Crippen molar-refractivity contribution in [1.29, 1.82) is 0 Å². The van der Waals surface area contributed by atoms with Crippen LogP contribution in [-0.4, -0.2) is 142 Å². The quantitative estimate of drug-likeness (QED) is 0.0267. The molecule has 16 rings (SSSR count). The molecule has 12 N–H and O–H groups in total. The van der Waals surface area contributed by atoms with Crippen molar-refractivity contribution in [1.82, 2.24) is 28.9 Å². The molecule has 10 heterocycles. The number of carbonyl (C=O) groups excluding carboxylic acids is 8. The molecule has 0 saturated heterocycles. The van der Waals surface area contributed by atoms with Crippen LogP contribution in [0.1, 0.15) is 47.9 Å². The van der Waals surface area contributed by atoms with Crippen LogP contribution < -0.4 is 81.5 Å². The third kappa shape index (κ3) is 24.9. The molecule has 698 valence electrons. The molecule has 0 bridgehead atoms. The summed E-state index contributed by atoms with van der Waals surface area (Å²) in [6, 6.07) is 46.7. The topological polar surface area (TPSA) is 506 Å². The summed E-state index contributed by atoms with van der Waals surface area (Å²) in [6.45, 7) is 0. The number of hydrogen-bond acceptors (Lipinski definition) is 30. The Bertz CT molecular complexity index is 7020. The van der Waals surface area contributed by atoms with Crippen molar-refractivity contribution in [3.63, 3.8) is 0 Å². The minimum atomic E-state index is -4.23. The number of rotatable bonds is 24. The van der Waals surface area contributed by atoms with E-state index in [1.165, 1.54) is 101 Å². The zero-order valence-corrected chi connectivity index (χ0v) is 79.0. The number of amides is 12. The Balaban J connectivity index is 0.000000152. The molecule has 38 nitrogen and oxygen atoms in total. The number of thiophene rings is 4. The molecular weight excluding hydrogens is 2000 g/mol. The Hall–Kier alpha value is -14.0. The number of carbonyl (C=O) groups is 8. The lowest BCUT2D eigenvalue weighted by atomic mass is 10.1. The van der Waals surface area contributed by atoms with Crippen molar-refractivity contribution in [2.45, 2.75) is 42.5 Å². The fraction of sp³-hybridized carbons (Fsp3) is 0.0976. The summed E-state index contributed by atoms with van der Waals surface area (Å²) in [6.07, 6.45) is 2.78. The summed E-state index contributed by atoms with van der Waals surface area (Å²) in [4.78, 5) is 106. The predicted octanol–water partition coefficient (Wildman–Crippen LogP) is 15.6. The van der Waals surface area contributed by atoms with E-state index in [9.17, 15) is 85.2 Å². The highest BCUT2D eigenvalue weighted by atomic mass is 35.5. The van der Waals surface area contributed by atoms with Crippen LogP contribution in [0.2, 0.25) is 17.3 Å². The van der Waals surface area contributed by atoms with E-state index in [0.717, 1.165) is 108 Å². The first kappa shape index (κ1) is 98.5. The van der Waals surface area contributed by atoms with E-state index in [1.807, 2.05) is 106 Å². The minimum Gasteiger partial charge on any atom is -0.388 e. The summed E-state index contributed by atoms with van der Waals surface area (Å²) in [5.41, 5.74) is 8.14. The number of benzene rings is 6. The summed E-state index contributed by atoms with van der Waals surface area (Å²) >= 11 is 26.1. The van der Waals surface area contributed by atoms with E-state index in [4.69, 9.17) is 46.4 Å². The first-order chi connectivity index (χ1) is 64.2. The average Bonchev–Trinajstić information content (AvgIpc) is 1.79. The molecule has 6 aromatic carbocycles. The Kier molecular flexibility index (Phi) is 31.0. The van der Waals surface area contributed by atoms with E-state index in [-0.39, 0.29) is 106 Å². The van der Waals surface area contributed by atoms with Gasteiger partial charge in [0.15, 0.2) is 23.3 Å². The highest BCUT2D eigenvalue weighted by molar-refractivity contribution is 7.93. The maximum Gasteiger partial charge on any atom is 0.334 e. The molecule has 12 amide bonds. The third-order valence-electron chi connectivity index (χ3n) is 18.7. The number of halogens is 7. The summed E-state index contributed by atoms with van der Waals surface area (Å²) in [5, 5.41) is 42.1.